The lowest BCUT2D eigenvalue weighted by Crippen LogP contribution is -2.27. The van der Waals surface area contributed by atoms with Gasteiger partial charge in [0.05, 0.1) is 45.2 Å². The molecule has 0 atom stereocenters. The molecule has 5 nitrogen and oxygen atoms in total. The highest BCUT2D eigenvalue weighted by Crippen LogP contribution is 2.30. The Bertz CT molecular complexity index is 1220. The van der Waals surface area contributed by atoms with E-state index in [-0.39, 0.29) is 10.6 Å². The molecule has 0 aliphatic carbocycles. The monoisotopic (exact) mass is 450 g/mol. The molecule has 0 aliphatic rings. The highest BCUT2D eigenvalue weighted by atomic mass is 35.5. The minimum absolute atomic E-state index is 0.243. The van der Waals surface area contributed by atoms with Crippen molar-refractivity contribution < 1.29 is 18.0 Å². The number of carbonyl (C=O) groups is 1. The molecule has 2 N–H and O–H groups in total. The van der Waals surface area contributed by atoms with Crippen molar-refractivity contribution in [3.8, 4) is 5.69 Å². The SMILES string of the molecule is O=C(NCC(F)F)c1cc(-n2ncc3cc(Nc4ccccc4Cl)c(F)cc32)cs1. The number of fused-ring (bicyclic) bond motifs is 1. The molecule has 4 aromatic rings. The lowest BCUT2D eigenvalue weighted by Gasteiger charge is -2.10. The Morgan fingerprint density at radius 2 is 2.00 bits per heavy atom. The van der Waals surface area contributed by atoms with E-state index in [9.17, 15) is 18.0 Å². The summed E-state index contributed by atoms with van der Waals surface area (Å²) in [5, 5.41) is 12.2. The predicted octanol–water partition coefficient (Wildman–Crippen LogP) is 5.62. The van der Waals surface area contributed by atoms with Gasteiger partial charge in [0, 0.05) is 16.8 Å². The molecule has 154 valence electrons. The van der Waals surface area contributed by atoms with Crippen molar-refractivity contribution in [3.63, 3.8) is 0 Å². The predicted molar refractivity (Wildman–Crippen MR) is 112 cm³/mol. The molecule has 0 unspecified atom stereocenters. The summed E-state index contributed by atoms with van der Waals surface area (Å²) >= 11 is 7.21. The number of nitrogens with one attached hydrogen (secondary N) is 2. The summed E-state index contributed by atoms with van der Waals surface area (Å²) in [6, 6.07) is 11.5. The number of hydrogen-bond acceptors (Lipinski definition) is 4. The van der Waals surface area contributed by atoms with Gasteiger partial charge in [-0.25, -0.2) is 17.9 Å². The quantitative estimate of drug-likeness (QED) is 0.401. The van der Waals surface area contributed by atoms with E-state index in [0.29, 0.717) is 27.3 Å². The fourth-order valence-electron chi connectivity index (χ4n) is 2.87. The van der Waals surface area contributed by atoms with Crippen molar-refractivity contribution >= 4 is 51.1 Å². The van der Waals surface area contributed by atoms with Gasteiger partial charge in [0.15, 0.2) is 0 Å². The first-order valence-corrected chi connectivity index (χ1v) is 10.0. The Hall–Kier alpha value is -3.04. The number of benzene rings is 2. The minimum Gasteiger partial charge on any atom is -0.352 e. The summed E-state index contributed by atoms with van der Waals surface area (Å²) in [7, 11) is 0. The fraction of sp³-hybridized carbons (Fsp3) is 0.100. The molecule has 2 aromatic heterocycles. The zero-order chi connectivity index (χ0) is 21.3. The smallest absolute Gasteiger partial charge is 0.261 e. The van der Waals surface area contributed by atoms with E-state index < -0.39 is 24.7 Å². The van der Waals surface area contributed by atoms with Crippen LogP contribution in [0, 0.1) is 5.82 Å². The van der Waals surface area contributed by atoms with Gasteiger partial charge in [-0.1, -0.05) is 23.7 Å². The first-order chi connectivity index (χ1) is 14.4. The molecular formula is C20H14ClF3N4OS. The van der Waals surface area contributed by atoms with Crippen molar-refractivity contribution in [2.75, 3.05) is 11.9 Å². The number of nitrogens with zero attached hydrogens (tertiary/aromatic N) is 2. The fourth-order valence-corrected chi connectivity index (χ4v) is 3.84. The van der Waals surface area contributed by atoms with Gasteiger partial charge in [0.2, 0.25) is 0 Å². The maximum absolute atomic E-state index is 14.7. The molecular weight excluding hydrogens is 437 g/mol. The summed E-state index contributed by atoms with van der Waals surface area (Å²) in [6.45, 7) is -0.719. The maximum atomic E-state index is 14.7. The van der Waals surface area contributed by atoms with Crippen molar-refractivity contribution in [2.24, 2.45) is 0 Å². The number of halogens is 4. The van der Waals surface area contributed by atoms with Gasteiger partial charge in [-0.15, -0.1) is 11.3 Å². The molecule has 1 amide bonds. The summed E-state index contributed by atoms with van der Waals surface area (Å²) < 4.78 is 40.8. The second-order valence-electron chi connectivity index (χ2n) is 6.32. The second-order valence-corrected chi connectivity index (χ2v) is 7.64. The number of para-hydroxylation sites is 1. The molecule has 0 bridgehead atoms. The molecule has 0 radical (unpaired) electrons. The summed E-state index contributed by atoms with van der Waals surface area (Å²) in [6.07, 6.45) is -1.05. The summed E-state index contributed by atoms with van der Waals surface area (Å²) in [5.41, 5.74) is 1.84. The maximum Gasteiger partial charge on any atom is 0.261 e. The van der Waals surface area contributed by atoms with Crippen molar-refractivity contribution in [2.45, 2.75) is 6.43 Å². The number of hydrogen-bond donors (Lipinski definition) is 2. The van der Waals surface area contributed by atoms with Gasteiger partial charge >= 0.3 is 0 Å². The Labute approximate surface area is 178 Å². The summed E-state index contributed by atoms with van der Waals surface area (Å²) in [5.74, 6) is -1.10. The second kappa shape index (κ2) is 8.37. The van der Waals surface area contributed by atoms with Crippen LogP contribution in [0.3, 0.4) is 0 Å². The van der Waals surface area contributed by atoms with Crippen LogP contribution in [0.2, 0.25) is 5.02 Å². The number of carbonyl (C=O) groups excluding carboxylic acids is 1. The van der Waals surface area contributed by atoms with E-state index in [4.69, 9.17) is 11.6 Å². The Morgan fingerprint density at radius 3 is 2.77 bits per heavy atom. The topological polar surface area (TPSA) is 59.0 Å². The number of amides is 1. The van der Waals surface area contributed by atoms with E-state index in [2.05, 4.69) is 15.7 Å². The van der Waals surface area contributed by atoms with E-state index in [1.54, 1.807) is 41.9 Å². The molecule has 0 spiro atoms. The van der Waals surface area contributed by atoms with Crippen LogP contribution in [0.1, 0.15) is 9.67 Å². The van der Waals surface area contributed by atoms with E-state index in [0.717, 1.165) is 11.3 Å². The molecule has 10 heteroatoms. The number of anilines is 2. The Balaban J connectivity index is 1.62. The standard InChI is InChI=1S/C20H14ClF3N4OS/c21-13-3-1-2-4-15(13)27-16-5-11-8-26-28(17(11)7-14(16)22)12-6-18(30-10-12)20(29)25-9-19(23)24/h1-8,10,19,27H,9H2,(H,25,29). The average molecular weight is 451 g/mol. The van der Waals surface area contributed by atoms with Crippen molar-refractivity contribution in [3.05, 3.63) is 69.8 Å². The average Bonchev–Trinajstić information content (AvgIpc) is 3.35. The van der Waals surface area contributed by atoms with Gasteiger partial charge in [-0.2, -0.15) is 5.10 Å². The third-order valence-corrected chi connectivity index (χ3v) is 5.52. The van der Waals surface area contributed by atoms with Crippen LogP contribution in [0.15, 0.2) is 54.0 Å². The number of alkyl halides is 2. The van der Waals surface area contributed by atoms with Crippen molar-refractivity contribution in [1.82, 2.24) is 15.1 Å². The van der Waals surface area contributed by atoms with Gasteiger partial charge in [0.25, 0.3) is 12.3 Å². The third kappa shape index (κ3) is 4.12. The van der Waals surface area contributed by atoms with E-state index in [1.807, 2.05) is 0 Å². The largest absolute Gasteiger partial charge is 0.352 e. The van der Waals surface area contributed by atoms with Crippen LogP contribution >= 0.6 is 22.9 Å². The number of aromatic nitrogens is 2. The zero-order valence-corrected chi connectivity index (χ0v) is 16.8. The van der Waals surface area contributed by atoms with Gasteiger partial charge in [-0.05, 0) is 24.3 Å². The number of rotatable bonds is 6. The molecule has 0 saturated carbocycles. The van der Waals surface area contributed by atoms with Crippen LogP contribution in [-0.2, 0) is 0 Å². The lowest BCUT2D eigenvalue weighted by molar-refractivity contribution is 0.0895. The van der Waals surface area contributed by atoms with Gasteiger partial charge in [-0.3, -0.25) is 4.79 Å². The molecule has 2 heterocycles. The van der Waals surface area contributed by atoms with Crippen LogP contribution in [-0.4, -0.2) is 28.7 Å². The van der Waals surface area contributed by atoms with Crippen LogP contribution in [0.5, 0.6) is 0 Å². The van der Waals surface area contributed by atoms with Gasteiger partial charge in [0.1, 0.15) is 5.82 Å². The first-order valence-electron chi connectivity index (χ1n) is 8.76. The molecule has 0 saturated heterocycles. The Morgan fingerprint density at radius 1 is 1.20 bits per heavy atom. The molecule has 30 heavy (non-hydrogen) atoms. The molecule has 0 fully saturated rings. The molecule has 4 rings (SSSR count). The highest BCUT2D eigenvalue weighted by molar-refractivity contribution is 7.12. The molecule has 0 aliphatic heterocycles. The van der Waals surface area contributed by atoms with Crippen molar-refractivity contribution in [1.29, 1.82) is 0 Å². The molecule has 2 aromatic carbocycles. The zero-order valence-electron chi connectivity index (χ0n) is 15.2. The summed E-state index contributed by atoms with van der Waals surface area (Å²) in [4.78, 5) is 12.2. The van der Waals surface area contributed by atoms with Crippen LogP contribution in [0.25, 0.3) is 16.6 Å². The van der Waals surface area contributed by atoms with E-state index in [1.165, 1.54) is 16.8 Å². The first kappa shape index (κ1) is 20.2. The third-order valence-electron chi connectivity index (χ3n) is 4.27. The van der Waals surface area contributed by atoms with Gasteiger partial charge < -0.3 is 10.6 Å². The number of thiophene rings is 1. The van der Waals surface area contributed by atoms with Crippen LogP contribution in [0.4, 0.5) is 24.5 Å². The minimum atomic E-state index is -2.63. The highest BCUT2D eigenvalue weighted by Gasteiger charge is 2.15. The van der Waals surface area contributed by atoms with E-state index >= 15 is 0 Å². The normalized spacial score (nSPS) is 11.2. The van der Waals surface area contributed by atoms with Crippen LogP contribution < -0.4 is 10.6 Å². The lowest BCUT2D eigenvalue weighted by atomic mass is 10.2. The Kier molecular flexibility index (Phi) is 5.65.